The van der Waals surface area contributed by atoms with Crippen LogP contribution in [-0.2, 0) is 4.74 Å². The Morgan fingerprint density at radius 1 is 1.40 bits per heavy atom. The highest BCUT2D eigenvalue weighted by atomic mass is 16.5. The lowest BCUT2D eigenvalue weighted by molar-refractivity contribution is 0.0519. The summed E-state index contributed by atoms with van der Waals surface area (Å²) < 4.78 is 5.48. The van der Waals surface area contributed by atoms with Crippen molar-refractivity contribution < 1.29 is 4.74 Å². The molecule has 0 aromatic rings. The average Bonchev–Trinajstić information content (AvgIpc) is 1.99. The van der Waals surface area contributed by atoms with Gasteiger partial charge in [-0.2, -0.15) is 0 Å². The van der Waals surface area contributed by atoms with Gasteiger partial charge in [-0.25, -0.2) is 0 Å². The summed E-state index contributed by atoms with van der Waals surface area (Å²) in [4.78, 5) is 0. The molecule has 2 nitrogen and oxygen atoms in total. The summed E-state index contributed by atoms with van der Waals surface area (Å²) in [6, 6.07) is 0.467. The van der Waals surface area contributed by atoms with Crippen LogP contribution in [0.3, 0.4) is 0 Å². The molecular formula is C8H19NO. The second-order valence-corrected chi connectivity index (χ2v) is 2.74. The molecule has 1 unspecified atom stereocenters. The van der Waals surface area contributed by atoms with Crippen molar-refractivity contribution in [1.29, 1.82) is 0 Å². The van der Waals surface area contributed by atoms with Crippen LogP contribution >= 0.6 is 0 Å². The monoisotopic (exact) mass is 145 g/mol. The Bertz CT molecular complexity index is 65.7. The van der Waals surface area contributed by atoms with Crippen molar-refractivity contribution >= 4 is 0 Å². The highest BCUT2D eigenvalue weighted by Gasteiger charge is 2.01. The molecule has 0 aliphatic rings. The molecule has 0 saturated heterocycles. The van der Waals surface area contributed by atoms with E-state index in [9.17, 15) is 0 Å². The van der Waals surface area contributed by atoms with E-state index in [1.54, 1.807) is 0 Å². The van der Waals surface area contributed by atoms with E-state index in [-0.39, 0.29) is 0 Å². The molecule has 0 aromatic heterocycles. The second-order valence-electron chi connectivity index (χ2n) is 2.74. The number of hydrogen-bond donors (Lipinski definition) is 1. The maximum Gasteiger partial charge on any atom is 0.0620 e. The number of likely N-dealkylation sites (N-methyl/N-ethyl adjacent to an activating group) is 1. The van der Waals surface area contributed by atoms with Gasteiger partial charge in [0.1, 0.15) is 0 Å². The van der Waals surface area contributed by atoms with Crippen molar-refractivity contribution in [3.05, 3.63) is 0 Å². The Hall–Kier alpha value is -0.0800. The normalized spacial score (nSPS) is 16.8. The van der Waals surface area contributed by atoms with Crippen LogP contribution in [0.2, 0.25) is 0 Å². The topological polar surface area (TPSA) is 21.3 Å². The molecule has 1 N–H and O–H groups in total. The maximum absolute atomic E-state index is 5.48. The van der Waals surface area contributed by atoms with Gasteiger partial charge in [0.05, 0.1) is 12.7 Å². The summed E-state index contributed by atoms with van der Waals surface area (Å²) in [6.45, 7) is 7.16. The number of rotatable bonds is 5. The zero-order valence-electron chi connectivity index (χ0n) is 7.48. The minimum Gasteiger partial charge on any atom is -0.377 e. The molecule has 0 aromatic carbocycles. The average molecular weight is 145 g/mol. The van der Waals surface area contributed by atoms with Crippen molar-refractivity contribution in [1.82, 2.24) is 5.32 Å². The standard InChI is InChI=1S/C8H19NO/c1-5-8(3)10-6-7(2)9-4/h7-9H,5-6H2,1-4H3/t7?,8-/m1/s1. The van der Waals surface area contributed by atoms with Gasteiger partial charge in [-0.1, -0.05) is 6.92 Å². The van der Waals surface area contributed by atoms with E-state index in [0.717, 1.165) is 13.0 Å². The zero-order valence-corrected chi connectivity index (χ0v) is 7.48. The molecule has 62 valence electrons. The van der Waals surface area contributed by atoms with Gasteiger partial charge in [0.25, 0.3) is 0 Å². The highest BCUT2D eigenvalue weighted by Crippen LogP contribution is 1.96. The zero-order chi connectivity index (χ0) is 7.98. The minimum absolute atomic E-state index is 0.399. The van der Waals surface area contributed by atoms with Gasteiger partial charge >= 0.3 is 0 Å². The fraction of sp³-hybridized carbons (Fsp3) is 1.00. The van der Waals surface area contributed by atoms with Crippen LogP contribution in [0.15, 0.2) is 0 Å². The van der Waals surface area contributed by atoms with E-state index < -0.39 is 0 Å². The fourth-order valence-electron chi connectivity index (χ4n) is 0.510. The number of nitrogens with one attached hydrogen (secondary N) is 1. The number of hydrogen-bond acceptors (Lipinski definition) is 2. The summed E-state index contributed by atoms with van der Waals surface area (Å²) >= 11 is 0. The first kappa shape index (κ1) is 9.92. The lowest BCUT2D eigenvalue weighted by atomic mass is 10.3. The van der Waals surface area contributed by atoms with E-state index in [4.69, 9.17) is 4.74 Å². The molecular weight excluding hydrogens is 126 g/mol. The number of ether oxygens (including phenoxy) is 1. The molecule has 0 amide bonds. The third kappa shape index (κ3) is 4.77. The molecule has 0 spiro atoms. The predicted molar refractivity (Wildman–Crippen MR) is 44.2 cm³/mol. The van der Waals surface area contributed by atoms with Crippen molar-refractivity contribution in [2.75, 3.05) is 13.7 Å². The molecule has 0 radical (unpaired) electrons. The SMILES string of the molecule is CC[C@@H](C)OCC(C)NC. The van der Waals surface area contributed by atoms with Crippen molar-refractivity contribution in [2.24, 2.45) is 0 Å². The molecule has 0 bridgehead atoms. The van der Waals surface area contributed by atoms with Gasteiger partial charge in [0.2, 0.25) is 0 Å². The molecule has 0 rings (SSSR count). The Balaban J connectivity index is 3.17. The maximum atomic E-state index is 5.48. The van der Waals surface area contributed by atoms with E-state index >= 15 is 0 Å². The minimum atomic E-state index is 0.399. The molecule has 2 atom stereocenters. The first-order valence-electron chi connectivity index (χ1n) is 3.99. The summed E-state index contributed by atoms with van der Waals surface area (Å²) in [5.41, 5.74) is 0. The summed E-state index contributed by atoms with van der Waals surface area (Å²) in [6.07, 6.45) is 1.49. The molecule has 2 heteroatoms. The Morgan fingerprint density at radius 2 is 2.00 bits per heavy atom. The van der Waals surface area contributed by atoms with Crippen LogP contribution < -0.4 is 5.32 Å². The van der Waals surface area contributed by atoms with Crippen LogP contribution in [0, 0.1) is 0 Å². The van der Waals surface area contributed by atoms with E-state index in [2.05, 4.69) is 26.1 Å². The fourth-order valence-corrected chi connectivity index (χ4v) is 0.510. The Labute approximate surface area is 64.0 Å². The largest absolute Gasteiger partial charge is 0.377 e. The van der Waals surface area contributed by atoms with Gasteiger partial charge in [0, 0.05) is 6.04 Å². The predicted octanol–water partition coefficient (Wildman–Crippen LogP) is 1.41. The molecule has 0 saturated carbocycles. The summed E-state index contributed by atoms with van der Waals surface area (Å²) in [5, 5.41) is 3.12. The molecule has 0 aliphatic heterocycles. The third-order valence-corrected chi connectivity index (χ3v) is 1.70. The molecule has 0 heterocycles. The first-order chi connectivity index (χ1) is 4.70. The molecule has 10 heavy (non-hydrogen) atoms. The van der Waals surface area contributed by atoms with Crippen LogP contribution in [0.4, 0.5) is 0 Å². The Morgan fingerprint density at radius 3 is 2.40 bits per heavy atom. The van der Waals surface area contributed by atoms with Crippen LogP contribution in [0.25, 0.3) is 0 Å². The van der Waals surface area contributed by atoms with Crippen molar-refractivity contribution in [3.8, 4) is 0 Å². The summed E-state index contributed by atoms with van der Waals surface area (Å²) in [7, 11) is 1.95. The van der Waals surface area contributed by atoms with Gasteiger partial charge in [-0.05, 0) is 27.3 Å². The van der Waals surface area contributed by atoms with E-state index in [1.807, 2.05) is 7.05 Å². The van der Waals surface area contributed by atoms with Crippen LogP contribution in [0.1, 0.15) is 27.2 Å². The van der Waals surface area contributed by atoms with E-state index in [1.165, 1.54) is 0 Å². The van der Waals surface area contributed by atoms with Crippen molar-refractivity contribution in [2.45, 2.75) is 39.3 Å². The summed E-state index contributed by atoms with van der Waals surface area (Å²) in [5.74, 6) is 0. The van der Waals surface area contributed by atoms with Crippen LogP contribution in [0.5, 0.6) is 0 Å². The van der Waals surface area contributed by atoms with Gasteiger partial charge < -0.3 is 10.1 Å². The first-order valence-corrected chi connectivity index (χ1v) is 3.99. The van der Waals surface area contributed by atoms with Gasteiger partial charge in [-0.3, -0.25) is 0 Å². The van der Waals surface area contributed by atoms with Crippen molar-refractivity contribution in [3.63, 3.8) is 0 Å². The highest BCUT2D eigenvalue weighted by molar-refractivity contribution is 4.55. The third-order valence-electron chi connectivity index (χ3n) is 1.70. The lowest BCUT2D eigenvalue weighted by Crippen LogP contribution is -2.28. The second kappa shape index (κ2) is 5.69. The Kier molecular flexibility index (Phi) is 5.64. The van der Waals surface area contributed by atoms with Gasteiger partial charge in [-0.15, -0.1) is 0 Å². The van der Waals surface area contributed by atoms with E-state index in [0.29, 0.717) is 12.1 Å². The van der Waals surface area contributed by atoms with Crippen LogP contribution in [-0.4, -0.2) is 25.8 Å². The quantitative estimate of drug-likeness (QED) is 0.631. The molecule has 0 fully saturated rings. The lowest BCUT2D eigenvalue weighted by Gasteiger charge is -2.14. The smallest absolute Gasteiger partial charge is 0.0620 e. The molecule has 0 aliphatic carbocycles. The van der Waals surface area contributed by atoms with Gasteiger partial charge in [0.15, 0.2) is 0 Å².